The van der Waals surface area contributed by atoms with Crippen LogP contribution >= 0.6 is 0 Å². The van der Waals surface area contributed by atoms with E-state index < -0.39 is 41.3 Å². The Labute approximate surface area is 196 Å². The fourth-order valence-corrected chi connectivity index (χ4v) is 2.84. The second kappa shape index (κ2) is 11.1. The van der Waals surface area contributed by atoms with Crippen LogP contribution in [-0.4, -0.2) is 53.4 Å². The van der Waals surface area contributed by atoms with Crippen LogP contribution in [0.15, 0.2) is 18.3 Å². The lowest BCUT2D eigenvalue weighted by Crippen LogP contribution is -2.48. The number of pyridine rings is 2. The Morgan fingerprint density at radius 2 is 1.85 bits per heavy atom. The monoisotopic (exact) mass is 480 g/mol. The van der Waals surface area contributed by atoms with Crippen LogP contribution in [0.25, 0.3) is 0 Å². The quantitative estimate of drug-likeness (QED) is 0.429. The van der Waals surface area contributed by atoms with Crippen molar-refractivity contribution in [3.8, 4) is 0 Å². The van der Waals surface area contributed by atoms with Crippen molar-refractivity contribution in [2.24, 2.45) is 5.73 Å². The number of carbonyl (C=O) groups excluding carboxylic acids is 2. The third-order valence-electron chi connectivity index (χ3n) is 4.55. The molecule has 5 N–H and O–H groups in total. The summed E-state index contributed by atoms with van der Waals surface area (Å²) in [6.07, 6.45) is 0.679. The summed E-state index contributed by atoms with van der Waals surface area (Å²) in [5.74, 6) is -2.72. The van der Waals surface area contributed by atoms with Gasteiger partial charge in [0, 0.05) is 13.2 Å². The van der Waals surface area contributed by atoms with Gasteiger partial charge in [-0.3, -0.25) is 9.78 Å². The summed E-state index contributed by atoms with van der Waals surface area (Å²) in [7, 11) is 1.45. The normalized spacial score (nSPS) is 13.1. The van der Waals surface area contributed by atoms with Gasteiger partial charge in [-0.2, -0.15) is 0 Å². The third-order valence-corrected chi connectivity index (χ3v) is 4.55. The molecule has 2 rings (SSSR count). The highest BCUT2D eigenvalue weighted by molar-refractivity contribution is 5.98. The fourth-order valence-electron chi connectivity index (χ4n) is 2.84. The van der Waals surface area contributed by atoms with E-state index in [2.05, 4.69) is 25.9 Å². The van der Waals surface area contributed by atoms with Crippen LogP contribution in [0.3, 0.4) is 0 Å². The van der Waals surface area contributed by atoms with Crippen molar-refractivity contribution in [1.82, 2.24) is 15.3 Å². The summed E-state index contributed by atoms with van der Waals surface area (Å²) in [5, 5.41) is 8.27. The van der Waals surface area contributed by atoms with Crippen molar-refractivity contribution < 1.29 is 27.8 Å². The molecule has 0 aliphatic rings. The summed E-state index contributed by atoms with van der Waals surface area (Å²) >= 11 is 0. The highest BCUT2D eigenvalue weighted by Gasteiger charge is 2.25. The van der Waals surface area contributed by atoms with Crippen LogP contribution in [0.1, 0.15) is 43.7 Å². The second-order valence-corrected chi connectivity index (χ2v) is 8.64. The predicted octanol–water partition coefficient (Wildman–Crippen LogP) is 3.25. The molecular formula is C22H30F2N6O4. The standard InChI is InChI=1S/C22H30F2N6O4/c1-11-15(23)7-13(9-26-11)28-19-14(18(25)31)8-16(24)20(30-19)29-17(10-33-6)12(2)27-21(32)34-22(3,4)5/h7-9,12,17H,10H2,1-6H3,(H2,25,31)(H,27,32)(H2,28,29,30)/t12-,17+/m0/s1. The number of nitrogens with zero attached hydrogens (tertiary/aromatic N) is 2. The van der Waals surface area contributed by atoms with E-state index in [4.69, 9.17) is 15.2 Å². The first-order valence-electron chi connectivity index (χ1n) is 10.4. The van der Waals surface area contributed by atoms with E-state index in [9.17, 15) is 18.4 Å². The molecule has 0 radical (unpaired) electrons. The molecule has 0 aromatic carbocycles. The number of ether oxygens (including phenoxy) is 2. The van der Waals surface area contributed by atoms with Crippen LogP contribution in [0, 0.1) is 18.6 Å². The molecular weight excluding hydrogens is 450 g/mol. The highest BCUT2D eigenvalue weighted by Crippen LogP contribution is 2.25. The fraction of sp³-hybridized carbons (Fsp3) is 0.455. The number of primary amides is 1. The van der Waals surface area contributed by atoms with Gasteiger partial charge in [0.25, 0.3) is 5.91 Å². The van der Waals surface area contributed by atoms with E-state index in [1.807, 2.05) is 0 Å². The lowest BCUT2D eigenvalue weighted by molar-refractivity contribution is 0.0493. The first kappa shape index (κ1) is 26.7. The molecule has 0 aliphatic heterocycles. The van der Waals surface area contributed by atoms with Gasteiger partial charge >= 0.3 is 6.09 Å². The molecule has 0 unspecified atom stereocenters. The minimum absolute atomic E-state index is 0.0749. The molecule has 0 bridgehead atoms. The molecule has 12 heteroatoms. The van der Waals surface area contributed by atoms with E-state index in [1.165, 1.54) is 20.2 Å². The van der Waals surface area contributed by atoms with Crippen LogP contribution in [-0.2, 0) is 9.47 Å². The number of hydrogen-bond donors (Lipinski definition) is 4. The smallest absolute Gasteiger partial charge is 0.407 e. The molecule has 2 amide bonds. The van der Waals surface area contributed by atoms with Gasteiger partial charge in [0.05, 0.1) is 41.8 Å². The van der Waals surface area contributed by atoms with Gasteiger partial charge in [-0.1, -0.05) is 0 Å². The van der Waals surface area contributed by atoms with Crippen molar-refractivity contribution >= 4 is 29.3 Å². The van der Waals surface area contributed by atoms with Crippen molar-refractivity contribution in [2.45, 2.75) is 52.3 Å². The zero-order chi connectivity index (χ0) is 25.6. The number of nitrogens with two attached hydrogens (primary N) is 1. The lowest BCUT2D eigenvalue weighted by atomic mass is 10.1. The van der Waals surface area contributed by atoms with Crippen molar-refractivity contribution in [1.29, 1.82) is 0 Å². The number of methoxy groups -OCH3 is 1. The van der Waals surface area contributed by atoms with Gasteiger partial charge in [-0.05, 0) is 40.7 Å². The maximum Gasteiger partial charge on any atom is 0.407 e. The van der Waals surface area contributed by atoms with E-state index in [0.29, 0.717) is 0 Å². The molecule has 0 fully saturated rings. The Kier molecular flexibility index (Phi) is 8.68. The van der Waals surface area contributed by atoms with E-state index in [0.717, 1.165) is 12.1 Å². The molecule has 34 heavy (non-hydrogen) atoms. The molecule has 2 aromatic rings. The van der Waals surface area contributed by atoms with Gasteiger partial charge in [0.1, 0.15) is 17.2 Å². The van der Waals surface area contributed by atoms with Crippen LogP contribution in [0.2, 0.25) is 0 Å². The highest BCUT2D eigenvalue weighted by atomic mass is 19.1. The molecule has 0 saturated carbocycles. The molecule has 2 heterocycles. The minimum atomic E-state index is -0.936. The second-order valence-electron chi connectivity index (χ2n) is 8.64. The van der Waals surface area contributed by atoms with E-state index in [-0.39, 0.29) is 35.2 Å². The number of aryl methyl sites for hydroxylation is 1. The zero-order valence-corrected chi connectivity index (χ0v) is 20.0. The number of rotatable bonds is 9. The summed E-state index contributed by atoms with van der Waals surface area (Å²) in [4.78, 5) is 32.0. The molecule has 0 spiro atoms. The number of hydrogen-bond acceptors (Lipinski definition) is 8. The first-order valence-corrected chi connectivity index (χ1v) is 10.4. The molecule has 186 valence electrons. The van der Waals surface area contributed by atoms with Crippen molar-refractivity contribution in [3.05, 3.63) is 41.2 Å². The van der Waals surface area contributed by atoms with E-state index in [1.54, 1.807) is 27.7 Å². The van der Waals surface area contributed by atoms with E-state index >= 15 is 0 Å². The first-order chi connectivity index (χ1) is 15.8. The number of anilines is 3. The van der Waals surface area contributed by atoms with Gasteiger partial charge in [0.15, 0.2) is 11.6 Å². The van der Waals surface area contributed by atoms with Crippen LogP contribution in [0.4, 0.5) is 30.9 Å². The summed E-state index contributed by atoms with van der Waals surface area (Å²) in [5.41, 5.74) is 4.79. The topological polar surface area (TPSA) is 140 Å². The number of halogens is 2. The van der Waals surface area contributed by atoms with Crippen LogP contribution < -0.4 is 21.7 Å². The third kappa shape index (κ3) is 7.51. The average molecular weight is 481 g/mol. The Bertz CT molecular complexity index is 1040. The minimum Gasteiger partial charge on any atom is -0.444 e. The molecule has 2 aromatic heterocycles. The van der Waals surface area contributed by atoms with Crippen LogP contribution in [0.5, 0.6) is 0 Å². The molecule has 0 saturated heterocycles. The maximum atomic E-state index is 14.8. The Morgan fingerprint density at radius 3 is 2.41 bits per heavy atom. The molecule has 10 nitrogen and oxygen atoms in total. The summed E-state index contributed by atoms with van der Waals surface area (Å²) < 4.78 is 39.1. The van der Waals surface area contributed by atoms with Gasteiger partial charge in [0.2, 0.25) is 0 Å². The largest absolute Gasteiger partial charge is 0.444 e. The SMILES string of the molecule is COC[C@@H](Nc1nc(Nc2cnc(C)c(F)c2)c(C(N)=O)cc1F)[C@H](C)NC(=O)OC(C)(C)C. The lowest BCUT2D eigenvalue weighted by Gasteiger charge is -2.28. The maximum absolute atomic E-state index is 14.8. The number of aromatic nitrogens is 2. The Hall–Kier alpha value is -3.54. The average Bonchev–Trinajstić information content (AvgIpc) is 2.70. The summed E-state index contributed by atoms with van der Waals surface area (Å²) in [6.45, 7) is 8.43. The zero-order valence-electron chi connectivity index (χ0n) is 20.0. The predicted molar refractivity (Wildman–Crippen MR) is 123 cm³/mol. The molecule has 0 aliphatic carbocycles. The number of nitrogens with one attached hydrogen (secondary N) is 3. The summed E-state index contributed by atoms with van der Waals surface area (Å²) in [6, 6.07) is 0.864. The number of amides is 2. The van der Waals surface area contributed by atoms with Crippen molar-refractivity contribution in [3.63, 3.8) is 0 Å². The number of carbonyl (C=O) groups is 2. The van der Waals surface area contributed by atoms with Crippen molar-refractivity contribution in [2.75, 3.05) is 24.4 Å². The molecule has 2 atom stereocenters. The Balaban J connectivity index is 2.32. The Morgan fingerprint density at radius 1 is 1.18 bits per heavy atom. The van der Waals surface area contributed by atoms with Gasteiger partial charge in [-0.15, -0.1) is 0 Å². The number of alkyl carbamates (subject to hydrolysis) is 1. The van der Waals surface area contributed by atoms with Gasteiger partial charge < -0.3 is 31.2 Å². The van der Waals surface area contributed by atoms with Gasteiger partial charge in [-0.25, -0.2) is 18.6 Å².